The van der Waals surface area contributed by atoms with Crippen LogP contribution in [-0.4, -0.2) is 24.2 Å². The smallest absolute Gasteiger partial charge is 0.387 e. The predicted molar refractivity (Wildman–Crippen MR) is 161 cm³/mol. The van der Waals surface area contributed by atoms with Crippen molar-refractivity contribution in [2.45, 2.75) is 45.4 Å². The first kappa shape index (κ1) is 31.0. The molecule has 0 unspecified atom stereocenters. The average Bonchev–Trinajstić information content (AvgIpc) is 3.41. The van der Waals surface area contributed by atoms with E-state index in [9.17, 15) is 13.6 Å². The molecule has 3 aromatic rings. The van der Waals surface area contributed by atoms with E-state index in [0.29, 0.717) is 45.1 Å². The summed E-state index contributed by atoms with van der Waals surface area (Å²) < 4.78 is 42.7. The fourth-order valence-electron chi connectivity index (χ4n) is 3.79. The standard InChI is InChI=1S/C29H28Cl2F2N2O4S2/c1-3-21(30)20(22(31)4-2)14-24(18-7-9-23(39-28(32)33)25(13-18)37-16-17-5-6-17)38-27(36)26-10-8-19(41-26)15-35-29-34-11-12-40-29/h3-4,7-13,17,24,28H,1,5-6,14-16H2,2H3,(H,34,35)/b21-20+,22-4+/t24-/m0/s1. The van der Waals surface area contributed by atoms with Gasteiger partial charge in [-0.25, -0.2) is 9.78 Å². The summed E-state index contributed by atoms with van der Waals surface area (Å²) in [5, 5.41) is 6.52. The molecule has 1 aromatic carbocycles. The molecule has 41 heavy (non-hydrogen) atoms. The number of alkyl halides is 2. The minimum absolute atomic E-state index is 0.0979. The molecule has 6 nitrogen and oxygen atoms in total. The zero-order chi connectivity index (χ0) is 29.4. The van der Waals surface area contributed by atoms with E-state index in [2.05, 4.69) is 21.6 Å². The highest BCUT2D eigenvalue weighted by Gasteiger charge is 2.26. The number of esters is 1. The Morgan fingerprint density at radius 3 is 2.71 bits per heavy atom. The van der Waals surface area contributed by atoms with Crippen LogP contribution < -0.4 is 14.8 Å². The largest absolute Gasteiger partial charge is 0.489 e. The quantitative estimate of drug-likeness (QED) is 0.132. The van der Waals surface area contributed by atoms with E-state index in [1.807, 2.05) is 11.4 Å². The maximum Gasteiger partial charge on any atom is 0.387 e. The molecule has 1 fully saturated rings. The fraction of sp³-hybridized carbons (Fsp3) is 0.310. The van der Waals surface area contributed by atoms with Crippen LogP contribution in [0.15, 0.2) is 76.3 Å². The van der Waals surface area contributed by atoms with E-state index in [1.165, 1.54) is 34.8 Å². The molecule has 0 radical (unpaired) electrons. The van der Waals surface area contributed by atoms with Crippen molar-refractivity contribution in [1.29, 1.82) is 0 Å². The number of aromatic nitrogens is 1. The van der Waals surface area contributed by atoms with Crippen LogP contribution in [0.2, 0.25) is 0 Å². The number of carbonyl (C=O) groups is 1. The molecule has 1 atom stereocenters. The highest BCUT2D eigenvalue weighted by atomic mass is 35.5. The van der Waals surface area contributed by atoms with E-state index in [0.717, 1.165) is 22.9 Å². The van der Waals surface area contributed by atoms with Crippen molar-refractivity contribution in [3.05, 3.63) is 91.6 Å². The van der Waals surface area contributed by atoms with Gasteiger partial charge in [-0.05, 0) is 61.1 Å². The second-order valence-corrected chi connectivity index (χ2v) is 11.9. The van der Waals surface area contributed by atoms with E-state index in [4.69, 9.17) is 32.7 Å². The van der Waals surface area contributed by atoms with Gasteiger partial charge in [0.25, 0.3) is 0 Å². The molecule has 0 amide bonds. The number of rotatable bonds is 15. The number of hydrogen-bond donors (Lipinski definition) is 1. The Labute approximate surface area is 255 Å². The summed E-state index contributed by atoms with van der Waals surface area (Å²) in [5.74, 6) is -0.143. The molecule has 1 saturated carbocycles. The zero-order valence-electron chi connectivity index (χ0n) is 22.1. The molecular formula is C29H28Cl2F2N2O4S2. The van der Waals surface area contributed by atoms with E-state index >= 15 is 0 Å². The molecular weight excluding hydrogens is 613 g/mol. The van der Waals surface area contributed by atoms with Crippen molar-refractivity contribution in [3.8, 4) is 11.5 Å². The molecule has 0 saturated heterocycles. The lowest BCUT2D eigenvalue weighted by Crippen LogP contribution is -2.13. The maximum atomic E-state index is 13.3. The minimum Gasteiger partial charge on any atom is -0.489 e. The first-order valence-electron chi connectivity index (χ1n) is 12.7. The summed E-state index contributed by atoms with van der Waals surface area (Å²) in [6, 6.07) is 8.03. The fourth-order valence-corrected chi connectivity index (χ4v) is 5.55. The molecule has 0 spiro atoms. The van der Waals surface area contributed by atoms with Gasteiger partial charge in [-0.2, -0.15) is 8.78 Å². The van der Waals surface area contributed by atoms with Gasteiger partial charge in [-0.15, -0.1) is 22.7 Å². The van der Waals surface area contributed by atoms with Gasteiger partial charge in [-0.1, -0.05) is 48.0 Å². The van der Waals surface area contributed by atoms with Crippen molar-refractivity contribution < 1.29 is 27.8 Å². The second-order valence-electron chi connectivity index (χ2n) is 9.06. The third-order valence-electron chi connectivity index (χ3n) is 6.08. The van der Waals surface area contributed by atoms with Crippen LogP contribution in [0.1, 0.15) is 52.4 Å². The van der Waals surface area contributed by atoms with Crippen molar-refractivity contribution in [1.82, 2.24) is 4.98 Å². The first-order chi connectivity index (χ1) is 19.8. The zero-order valence-corrected chi connectivity index (χ0v) is 25.2. The molecule has 1 aliphatic rings. The number of ether oxygens (including phenoxy) is 3. The van der Waals surface area contributed by atoms with Crippen molar-refractivity contribution >= 4 is 57.0 Å². The van der Waals surface area contributed by atoms with Crippen LogP contribution in [0.3, 0.4) is 0 Å². The Morgan fingerprint density at radius 2 is 2.05 bits per heavy atom. The van der Waals surface area contributed by atoms with Crippen LogP contribution in [-0.2, 0) is 11.3 Å². The monoisotopic (exact) mass is 640 g/mol. The summed E-state index contributed by atoms with van der Waals surface area (Å²) in [5.41, 5.74) is 1.01. The highest BCUT2D eigenvalue weighted by Crippen LogP contribution is 2.39. The van der Waals surface area contributed by atoms with E-state index < -0.39 is 18.7 Å². The number of hydrogen-bond acceptors (Lipinski definition) is 8. The number of benzene rings is 1. The Morgan fingerprint density at radius 1 is 1.24 bits per heavy atom. The lowest BCUT2D eigenvalue weighted by Gasteiger charge is -2.22. The Hall–Kier alpha value is -2.92. The Bertz CT molecular complexity index is 1410. The van der Waals surface area contributed by atoms with Crippen LogP contribution in [0.25, 0.3) is 0 Å². The number of carbonyl (C=O) groups excluding carboxylic acids is 1. The number of thiazole rings is 1. The molecule has 2 aromatic heterocycles. The molecule has 2 heterocycles. The molecule has 1 N–H and O–H groups in total. The lowest BCUT2D eigenvalue weighted by atomic mass is 9.99. The van der Waals surface area contributed by atoms with Crippen LogP contribution in [0.5, 0.6) is 11.5 Å². The molecule has 0 aliphatic heterocycles. The van der Waals surface area contributed by atoms with Gasteiger partial charge in [0.15, 0.2) is 16.6 Å². The lowest BCUT2D eigenvalue weighted by molar-refractivity contribution is -0.0515. The van der Waals surface area contributed by atoms with Gasteiger partial charge >= 0.3 is 12.6 Å². The van der Waals surface area contributed by atoms with Gasteiger partial charge in [0.05, 0.1) is 13.2 Å². The summed E-state index contributed by atoms with van der Waals surface area (Å²) >= 11 is 15.7. The number of thiophene rings is 1. The average molecular weight is 642 g/mol. The highest BCUT2D eigenvalue weighted by molar-refractivity contribution is 7.14. The van der Waals surface area contributed by atoms with Gasteiger partial charge < -0.3 is 19.5 Å². The maximum absolute atomic E-state index is 13.3. The van der Waals surface area contributed by atoms with Crippen molar-refractivity contribution in [3.63, 3.8) is 0 Å². The SMILES string of the molecule is C=C/C(Cl)=C(C[C@H](OC(=O)c1ccc(CNc2nccs2)s1)c1ccc(OC(F)F)c(OCC2CC2)c1)\C(Cl)=C/C. The molecule has 1 aliphatic carbocycles. The number of allylic oxidation sites excluding steroid dienone is 4. The van der Waals surface area contributed by atoms with Crippen molar-refractivity contribution in [2.75, 3.05) is 11.9 Å². The topological polar surface area (TPSA) is 69.7 Å². The molecule has 12 heteroatoms. The molecule has 0 bridgehead atoms. The summed E-state index contributed by atoms with van der Waals surface area (Å²) in [6.45, 7) is 3.33. The number of nitrogens with one attached hydrogen (secondary N) is 1. The van der Waals surface area contributed by atoms with Crippen LogP contribution in [0.4, 0.5) is 13.9 Å². The first-order valence-corrected chi connectivity index (χ1v) is 15.2. The number of anilines is 1. The molecule has 4 rings (SSSR count). The van der Waals surface area contributed by atoms with Crippen molar-refractivity contribution in [2.24, 2.45) is 5.92 Å². The van der Waals surface area contributed by atoms with Gasteiger partial charge in [-0.3, -0.25) is 0 Å². The van der Waals surface area contributed by atoms with Gasteiger partial charge in [0, 0.05) is 32.9 Å². The summed E-state index contributed by atoms with van der Waals surface area (Å²) in [6.07, 6.45) is 6.08. The second kappa shape index (κ2) is 14.8. The normalized spacial score (nSPS) is 14.8. The summed E-state index contributed by atoms with van der Waals surface area (Å²) in [7, 11) is 0. The molecule has 218 valence electrons. The van der Waals surface area contributed by atoms with E-state index in [-0.39, 0.29) is 17.9 Å². The summed E-state index contributed by atoms with van der Waals surface area (Å²) in [4.78, 5) is 18.8. The van der Waals surface area contributed by atoms with Gasteiger partial charge in [0.2, 0.25) is 0 Å². The van der Waals surface area contributed by atoms with E-state index in [1.54, 1.807) is 37.4 Å². The third-order valence-corrected chi connectivity index (χ3v) is 8.71. The Kier molecular flexibility index (Phi) is 11.2. The Balaban J connectivity index is 1.61. The van der Waals surface area contributed by atoms with Gasteiger partial charge in [0.1, 0.15) is 11.0 Å². The number of nitrogens with zero attached hydrogens (tertiary/aromatic N) is 1. The minimum atomic E-state index is -3.02. The predicted octanol–water partition coefficient (Wildman–Crippen LogP) is 9.32. The van der Waals surface area contributed by atoms with Crippen LogP contribution in [0, 0.1) is 5.92 Å². The number of halogens is 4. The van der Waals surface area contributed by atoms with Crippen LogP contribution >= 0.6 is 45.9 Å². The third kappa shape index (κ3) is 9.03.